The highest BCUT2D eigenvalue weighted by molar-refractivity contribution is 6.61. The van der Waals surface area contributed by atoms with Gasteiger partial charge in [-0.1, -0.05) is 36.4 Å². The molecule has 0 saturated carbocycles. The van der Waals surface area contributed by atoms with E-state index in [0.29, 0.717) is 77.6 Å². The summed E-state index contributed by atoms with van der Waals surface area (Å²) < 4.78 is 96.0. The average Bonchev–Trinajstić information content (AvgIpc) is 1.62. The fraction of sp³-hybridized carbons (Fsp3) is 0.223. The minimum Gasteiger partial charge on any atom is -0.502 e. The number of ether oxygens (including phenoxy) is 10. The Morgan fingerprint density at radius 3 is 1.11 bits per heavy atom. The van der Waals surface area contributed by atoms with Crippen molar-refractivity contribution in [2.45, 2.75) is 59.7 Å². The summed E-state index contributed by atoms with van der Waals surface area (Å²) in [5.41, 5.74) is 20.2. The average molecular weight is 1950 g/mol. The van der Waals surface area contributed by atoms with E-state index < -0.39 is 33.3 Å². The molecule has 0 atom stereocenters. The number of nitrogens with one attached hydrogen (secondary N) is 4. The molecule has 0 bridgehead atoms. The van der Waals surface area contributed by atoms with Crippen molar-refractivity contribution in [1.29, 1.82) is 0 Å². The number of phenolic OH excluding ortho intramolecular Hbond substituents is 1. The third-order valence-corrected chi connectivity index (χ3v) is 21.6. The molecule has 0 radical (unpaired) electrons. The number of likely N-dealkylation sites (N-methyl/N-ethyl adjacent to an activating group) is 2. The molecule has 11 aromatic rings. The summed E-state index contributed by atoms with van der Waals surface area (Å²) in [5.74, 6) is -0.485. The highest BCUT2D eigenvalue weighted by atomic mass is 35.5. The standard InChI is InChI=1S/C34H28FN3O8.C32H35FN4O5.C27H25FN2O4.C6H3ClN2O4.C4H12N2/c1-20-27(26-11-6-23(35)16-29(26)28(20)17-32(39)37-19-21-5-4-12-36-18-21)13-22-14-30(43-2)33(31(15-22)44-3)46-34(40)45-25-9-7-24(8-10-25)38(41)42;1-20-25(13-22-14-28(40-4)31(29(15-22)41-5)42-32(39)35-11-12-37(2)3)24-9-8-23(33)16-27(24)26(20)17-30(38)36-19-21-7-6-10-34-18-21;1-16-21(9-18-10-24(33-2)27(32)25(11-18)34-3)20-7-6-19(28)12-23(20)22(16)13-26(31)30-15-17-5-4-8-29-14-17;7-6(10)13-4-1-2-5(8-3-4)9(11)12;1-6(2)4-3-5/h4-16,18H,17,19H2,1-3H3,(H,37,39);6-10,13-16,18H,11-12,17,19H2,1-5H3,(H,35,39)(H,36,38);4-12,14,32H,13,15H2,1-3H3,(H,30,31);1-3H;3-5H2,1-2H3/b27-13-;25-13-;21-9-;;. The molecule has 4 heterocycles. The van der Waals surface area contributed by atoms with Crippen LogP contribution in [0.1, 0.15) is 107 Å². The summed E-state index contributed by atoms with van der Waals surface area (Å²) in [6.45, 7) is 9.54. The Morgan fingerprint density at radius 1 is 0.440 bits per heavy atom. The number of rotatable bonds is 32. The Kier molecular flexibility index (Phi) is 38.9. The minimum absolute atomic E-state index is 0.0371. The van der Waals surface area contributed by atoms with E-state index >= 15 is 0 Å². The number of non-ortho nitro benzene ring substituents is 1. The zero-order valence-electron chi connectivity index (χ0n) is 79.2. The van der Waals surface area contributed by atoms with E-state index in [-0.39, 0.29) is 112 Å². The topological polar surface area (TPSA) is 433 Å². The van der Waals surface area contributed by atoms with Crippen molar-refractivity contribution in [1.82, 2.24) is 51.0 Å². The largest absolute Gasteiger partial charge is 0.519 e. The number of phenols is 1. The van der Waals surface area contributed by atoms with Gasteiger partial charge in [0.15, 0.2) is 46.4 Å². The predicted octanol–water partition coefficient (Wildman–Crippen LogP) is 17.9. The number of carbonyl (C=O) groups excluding carboxylic acids is 6. The molecule has 0 spiro atoms. The summed E-state index contributed by atoms with van der Waals surface area (Å²) in [4.78, 5) is 113. The van der Waals surface area contributed by atoms with Gasteiger partial charge in [0.05, 0.1) is 66.8 Å². The molecular weight excluding hydrogens is 1850 g/mol. The van der Waals surface area contributed by atoms with E-state index in [0.717, 1.165) is 109 Å². The van der Waals surface area contributed by atoms with Gasteiger partial charge in [0, 0.05) is 113 Å². The van der Waals surface area contributed by atoms with Crippen LogP contribution in [0.15, 0.2) is 224 Å². The molecule has 0 unspecified atom stereocenters. The summed E-state index contributed by atoms with van der Waals surface area (Å²) >= 11 is 4.89. The Bertz CT molecular complexity index is 6510. The number of methoxy groups -OCH3 is 6. The number of carbonyl (C=O) groups is 6. The van der Waals surface area contributed by atoms with E-state index in [4.69, 9.17) is 60.0 Å². The second-order valence-corrected chi connectivity index (χ2v) is 32.0. The number of pyridine rings is 4. The van der Waals surface area contributed by atoms with Crippen LogP contribution < -0.4 is 74.4 Å². The van der Waals surface area contributed by atoms with Crippen LogP contribution >= 0.6 is 11.6 Å². The summed E-state index contributed by atoms with van der Waals surface area (Å²) in [6.07, 6.45) is 15.3. The number of nitro groups is 2. The van der Waals surface area contributed by atoms with Crippen LogP contribution in [0.4, 0.5) is 39.1 Å². The van der Waals surface area contributed by atoms with Crippen LogP contribution in [-0.4, -0.2) is 177 Å². The van der Waals surface area contributed by atoms with Crippen molar-refractivity contribution in [3.63, 3.8) is 0 Å². The van der Waals surface area contributed by atoms with Gasteiger partial charge >= 0.3 is 23.5 Å². The number of amides is 4. The van der Waals surface area contributed by atoms with Gasteiger partial charge in [-0.2, -0.15) is 0 Å². The monoisotopic (exact) mass is 1950 g/mol. The predicted molar refractivity (Wildman–Crippen MR) is 526 cm³/mol. The molecule has 3 aliphatic carbocycles. The molecule has 4 aromatic heterocycles. The molecular formula is C103H103ClF3N13O21. The number of aromatic nitrogens is 4. The summed E-state index contributed by atoms with van der Waals surface area (Å²) in [5, 5.41) is 42.7. The molecule has 7 N–H and O–H groups in total. The number of hydrogen-bond donors (Lipinski definition) is 6. The molecule has 141 heavy (non-hydrogen) atoms. The minimum atomic E-state index is -1.12. The number of benzene rings is 7. The smallest absolute Gasteiger partial charge is 0.502 e. The van der Waals surface area contributed by atoms with Gasteiger partial charge in [-0.05, 0) is 303 Å². The highest BCUT2D eigenvalue weighted by Crippen LogP contribution is 2.50. The first-order valence-electron chi connectivity index (χ1n) is 43.3. The van der Waals surface area contributed by atoms with Crippen molar-refractivity contribution in [3.05, 3.63) is 328 Å². The third kappa shape index (κ3) is 29.9. The zero-order chi connectivity index (χ0) is 102. The van der Waals surface area contributed by atoms with Crippen LogP contribution in [0.5, 0.6) is 63.2 Å². The lowest BCUT2D eigenvalue weighted by Gasteiger charge is -2.16. The SMILES string of the molecule is CN(C)CCN.COc1cc(/C=C2/C(C)=C(CC(=O)NCc3cccnc3)c3cc(F)ccc32)cc(OC)c1O.COc1cc(/C=C2/C(C)=C(CC(=O)NCc3cccnc3)c3cc(F)ccc32)cc(OC)c1OC(=O)NCCN(C)C.COc1cc(/C=C2/C(C)=C(CC(=O)NCc3cccnc3)c3cc(F)ccc32)cc(OC)c1OC(=O)Oc1ccc([N+](=O)[O-])cc1.O=C(Cl)Oc1ccc([N+](=O)[O-])nc1. The molecule has 0 saturated heterocycles. The molecule has 34 nitrogen and oxygen atoms in total. The number of halogens is 4. The first-order chi connectivity index (χ1) is 67.6. The number of fused-ring (bicyclic) bond motifs is 3. The molecule has 734 valence electrons. The normalized spacial score (nSPS) is 12.7. The van der Waals surface area contributed by atoms with Gasteiger partial charge in [0.25, 0.3) is 5.69 Å². The van der Waals surface area contributed by atoms with Gasteiger partial charge in [-0.15, -0.1) is 0 Å². The third-order valence-electron chi connectivity index (χ3n) is 21.6. The van der Waals surface area contributed by atoms with Gasteiger partial charge in [0.2, 0.25) is 35.0 Å². The maximum absolute atomic E-state index is 14.4. The van der Waals surface area contributed by atoms with Crippen LogP contribution in [-0.2, 0) is 34.0 Å². The zero-order valence-corrected chi connectivity index (χ0v) is 80.0. The Labute approximate surface area is 815 Å². The van der Waals surface area contributed by atoms with Crippen molar-refractivity contribution in [2.24, 2.45) is 5.73 Å². The van der Waals surface area contributed by atoms with Crippen molar-refractivity contribution < 1.29 is 104 Å². The number of nitrogens with zero attached hydrogens (tertiary/aromatic N) is 8. The molecule has 38 heteroatoms. The van der Waals surface area contributed by atoms with Gasteiger partial charge in [-0.25, -0.2) is 27.6 Å². The van der Waals surface area contributed by atoms with E-state index in [1.54, 1.807) is 97.8 Å². The lowest BCUT2D eigenvalue weighted by atomic mass is 10.00. The quantitative estimate of drug-likeness (QED) is 0.00749. The van der Waals surface area contributed by atoms with Gasteiger partial charge in [-0.3, -0.25) is 39.4 Å². The van der Waals surface area contributed by atoms with Crippen LogP contribution in [0.25, 0.3) is 51.7 Å². The first kappa shape index (κ1) is 106. The van der Waals surface area contributed by atoms with Crippen molar-refractivity contribution >= 4 is 110 Å². The number of nitro benzene ring substituents is 1. The van der Waals surface area contributed by atoms with E-state index in [9.17, 15) is 67.3 Å². The molecule has 3 aliphatic rings. The second-order valence-electron chi connectivity index (χ2n) is 31.6. The summed E-state index contributed by atoms with van der Waals surface area (Å²) in [7, 11) is 16.5. The van der Waals surface area contributed by atoms with Gasteiger partial charge in [0.1, 0.15) is 23.2 Å². The fourth-order valence-electron chi connectivity index (χ4n) is 14.6. The number of allylic oxidation sites excluding steroid dienone is 6. The molecule has 14 rings (SSSR count). The second kappa shape index (κ2) is 51.5. The number of hydrogen-bond acceptors (Lipinski definition) is 28. The van der Waals surface area contributed by atoms with Crippen LogP contribution in [0.2, 0.25) is 0 Å². The van der Waals surface area contributed by atoms with E-state index in [1.165, 1.54) is 109 Å². The molecule has 0 aliphatic heterocycles. The van der Waals surface area contributed by atoms with Crippen molar-refractivity contribution in [2.75, 3.05) is 97.0 Å². The maximum Gasteiger partial charge on any atom is 0.519 e. The van der Waals surface area contributed by atoms with Gasteiger partial charge < -0.3 is 99.4 Å². The highest BCUT2D eigenvalue weighted by Gasteiger charge is 2.32. The van der Waals surface area contributed by atoms with E-state index in [1.807, 2.05) is 102 Å². The molecule has 0 fully saturated rings. The van der Waals surface area contributed by atoms with Crippen molar-refractivity contribution in [3.8, 4) is 63.2 Å². The molecule has 4 amide bonds. The number of nitrogens with two attached hydrogens (primary N) is 1. The Balaban J connectivity index is 0.000000200. The number of aromatic hydroxyl groups is 1. The van der Waals surface area contributed by atoms with E-state index in [2.05, 4.69) is 50.8 Å². The summed E-state index contributed by atoms with van der Waals surface area (Å²) in [6, 6.07) is 42.0. The first-order valence-corrected chi connectivity index (χ1v) is 43.7. The maximum atomic E-state index is 14.4. The molecule has 7 aromatic carbocycles. The fourth-order valence-corrected chi connectivity index (χ4v) is 14.7. The lowest BCUT2D eigenvalue weighted by molar-refractivity contribution is -0.389. The van der Waals surface area contributed by atoms with Crippen LogP contribution in [0.3, 0.4) is 0 Å². The lowest BCUT2D eigenvalue weighted by Crippen LogP contribution is -2.33. The Hall–Kier alpha value is -16.6. The Morgan fingerprint density at radius 2 is 0.801 bits per heavy atom. The van der Waals surface area contributed by atoms with Crippen LogP contribution in [0, 0.1) is 37.7 Å².